The van der Waals surface area contributed by atoms with Gasteiger partial charge in [0.2, 0.25) is 5.91 Å². The van der Waals surface area contributed by atoms with Gasteiger partial charge in [0.25, 0.3) is 0 Å². The summed E-state index contributed by atoms with van der Waals surface area (Å²) in [6, 6.07) is -0.768. The predicted octanol–water partition coefficient (Wildman–Crippen LogP) is 2.67. The minimum atomic E-state index is -0.948. The van der Waals surface area contributed by atoms with E-state index in [1.54, 1.807) is 0 Å². The summed E-state index contributed by atoms with van der Waals surface area (Å²) in [5.41, 5.74) is 0. The number of carbonyl (C=O) groups excluding carboxylic acids is 1. The van der Waals surface area contributed by atoms with Gasteiger partial charge >= 0.3 is 5.97 Å². The van der Waals surface area contributed by atoms with E-state index in [1.807, 2.05) is 34.6 Å². The van der Waals surface area contributed by atoms with Crippen LogP contribution in [0.1, 0.15) is 53.9 Å². The van der Waals surface area contributed by atoms with Crippen LogP contribution in [0.15, 0.2) is 0 Å². The molecule has 0 saturated heterocycles. The Balaban J connectivity index is 4.60. The maximum absolute atomic E-state index is 12.1. The van der Waals surface area contributed by atoms with Crippen molar-refractivity contribution in [3.8, 4) is 0 Å². The van der Waals surface area contributed by atoms with Crippen LogP contribution in [0.5, 0.6) is 0 Å². The molecule has 0 saturated carbocycles. The maximum Gasteiger partial charge on any atom is 0.326 e. The van der Waals surface area contributed by atoms with Crippen LogP contribution in [0.25, 0.3) is 0 Å². The van der Waals surface area contributed by atoms with Crippen molar-refractivity contribution in [3.63, 3.8) is 0 Å². The molecule has 0 aromatic carbocycles. The summed E-state index contributed by atoms with van der Waals surface area (Å²) in [6.45, 7) is 9.93. The third-order valence-corrected chi connectivity index (χ3v) is 3.06. The predicted molar refractivity (Wildman–Crippen MR) is 72.3 cm³/mol. The fourth-order valence-corrected chi connectivity index (χ4v) is 2.05. The summed E-state index contributed by atoms with van der Waals surface area (Å²) in [7, 11) is 0. The van der Waals surface area contributed by atoms with Crippen molar-refractivity contribution < 1.29 is 14.7 Å². The number of nitrogens with one attached hydrogen (secondary N) is 1. The lowest BCUT2D eigenvalue weighted by molar-refractivity contribution is -0.143. The van der Waals surface area contributed by atoms with E-state index >= 15 is 0 Å². The number of hydrogen-bond acceptors (Lipinski definition) is 2. The van der Waals surface area contributed by atoms with E-state index in [0.717, 1.165) is 12.8 Å². The zero-order valence-corrected chi connectivity index (χ0v) is 12.2. The first-order valence-electron chi connectivity index (χ1n) is 6.82. The van der Waals surface area contributed by atoms with Crippen LogP contribution >= 0.6 is 0 Å². The molecule has 0 bridgehead atoms. The largest absolute Gasteiger partial charge is 0.480 e. The molecule has 0 aliphatic carbocycles. The number of amides is 1. The van der Waals surface area contributed by atoms with E-state index in [4.69, 9.17) is 5.11 Å². The van der Waals surface area contributed by atoms with Gasteiger partial charge in [0.15, 0.2) is 0 Å². The Hall–Kier alpha value is -1.06. The van der Waals surface area contributed by atoms with Crippen LogP contribution in [0.3, 0.4) is 0 Å². The number of rotatable bonds is 8. The summed E-state index contributed by atoms with van der Waals surface area (Å²) in [6.07, 6.45) is 2.20. The highest BCUT2D eigenvalue weighted by atomic mass is 16.4. The van der Waals surface area contributed by atoms with E-state index in [2.05, 4.69) is 5.32 Å². The molecule has 1 amide bonds. The fourth-order valence-electron chi connectivity index (χ4n) is 2.05. The molecule has 106 valence electrons. The zero-order valence-electron chi connectivity index (χ0n) is 12.2. The SMILES string of the molecule is CCCC(C(=O)NC(CC(C)C)C(=O)O)C(C)C. The molecule has 0 heterocycles. The smallest absolute Gasteiger partial charge is 0.326 e. The van der Waals surface area contributed by atoms with Crippen LogP contribution in [0.4, 0.5) is 0 Å². The third kappa shape index (κ3) is 6.03. The van der Waals surface area contributed by atoms with Crippen LogP contribution in [-0.2, 0) is 9.59 Å². The first-order valence-corrected chi connectivity index (χ1v) is 6.82. The normalized spacial score (nSPS) is 14.6. The van der Waals surface area contributed by atoms with Gasteiger partial charge in [-0.05, 0) is 24.7 Å². The lowest BCUT2D eigenvalue weighted by Crippen LogP contribution is -2.45. The molecule has 0 rings (SSSR count). The van der Waals surface area contributed by atoms with Gasteiger partial charge < -0.3 is 10.4 Å². The highest BCUT2D eigenvalue weighted by Crippen LogP contribution is 2.18. The molecule has 0 aliphatic heterocycles. The van der Waals surface area contributed by atoms with Crippen molar-refractivity contribution in [2.45, 2.75) is 59.9 Å². The van der Waals surface area contributed by atoms with E-state index in [0.29, 0.717) is 6.42 Å². The standard InChI is InChI=1S/C14H27NO3/c1-6-7-11(10(4)5)13(16)15-12(14(17)18)8-9(2)3/h9-12H,6-8H2,1-5H3,(H,15,16)(H,17,18). The highest BCUT2D eigenvalue weighted by molar-refractivity contribution is 5.85. The average Bonchev–Trinajstić information content (AvgIpc) is 2.23. The van der Waals surface area contributed by atoms with Crippen molar-refractivity contribution >= 4 is 11.9 Å². The van der Waals surface area contributed by atoms with Crippen LogP contribution < -0.4 is 5.32 Å². The second-order valence-electron chi connectivity index (χ2n) is 5.67. The molecule has 0 aliphatic rings. The first-order chi connectivity index (χ1) is 8.29. The number of aliphatic carboxylic acids is 1. The van der Waals surface area contributed by atoms with Crippen molar-refractivity contribution in [1.82, 2.24) is 5.32 Å². The molecule has 0 aromatic heterocycles. The Morgan fingerprint density at radius 3 is 2.06 bits per heavy atom. The summed E-state index contributed by atoms with van der Waals surface area (Å²) in [5, 5.41) is 11.8. The van der Waals surface area contributed by atoms with Gasteiger partial charge in [0.1, 0.15) is 6.04 Å². The maximum atomic E-state index is 12.1. The summed E-state index contributed by atoms with van der Waals surface area (Å²) in [4.78, 5) is 23.2. The molecule has 0 aromatic rings. The lowest BCUT2D eigenvalue weighted by atomic mass is 9.90. The Labute approximate surface area is 110 Å². The van der Waals surface area contributed by atoms with Crippen molar-refractivity contribution in [3.05, 3.63) is 0 Å². The third-order valence-electron chi connectivity index (χ3n) is 3.06. The summed E-state index contributed by atoms with van der Waals surface area (Å²) >= 11 is 0. The molecule has 4 heteroatoms. The van der Waals surface area contributed by atoms with Crippen molar-refractivity contribution in [2.75, 3.05) is 0 Å². The molecule has 4 nitrogen and oxygen atoms in total. The molecule has 18 heavy (non-hydrogen) atoms. The molecule has 0 fully saturated rings. The molecule has 2 N–H and O–H groups in total. The molecule has 0 spiro atoms. The van der Waals surface area contributed by atoms with Crippen molar-refractivity contribution in [2.24, 2.45) is 17.8 Å². The molecular formula is C14H27NO3. The summed E-state index contributed by atoms with van der Waals surface area (Å²) < 4.78 is 0. The van der Waals surface area contributed by atoms with Crippen LogP contribution in [-0.4, -0.2) is 23.0 Å². The Morgan fingerprint density at radius 2 is 1.72 bits per heavy atom. The monoisotopic (exact) mass is 257 g/mol. The second-order valence-corrected chi connectivity index (χ2v) is 5.67. The summed E-state index contributed by atoms with van der Waals surface area (Å²) in [5.74, 6) is -0.687. The quantitative estimate of drug-likeness (QED) is 0.702. The van der Waals surface area contributed by atoms with Gasteiger partial charge in [-0.15, -0.1) is 0 Å². The Morgan fingerprint density at radius 1 is 1.17 bits per heavy atom. The number of carbonyl (C=O) groups is 2. The molecular weight excluding hydrogens is 230 g/mol. The number of carboxylic acid groups (broad SMARTS) is 1. The Bertz CT molecular complexity index is 274. The van der Waals surface area contributed by atoms with E-state index < -0.39 is 12.0 Å². The van der Waals surface area contributed by atoms with Crippen LogP contribution in [0, 0.1) is 17.8 Å². The van der Waals surface area contributed by atoms with E-state index in [1.165, 1.54) is 0 Å². The van der Waals surface area contributed by atoms with Gasteiger partial charge in [-0.2, -0.15) is 0 Å². The first kappa shape index (κ1) is 16.9. The van der Waals surface area contributed by atoms with E-state index in [-0.39, 0.29) is 23.7 Å². The highest BCUT2D eigenvalue weighted by Gasteiger charge is 2.27. The minimum absolute atomic E-state index is 0.0935. The van der Waals surface area contributed by atoms with Gasteiger partial charge in [-0.25, -0.2) is 4.79 Å². The van der Waals surface area contributed by atoms with Crippen molar-refractivity contribution in [1.29, 1.82) is 0 Å². The Kier molecular flexibility index (Phi) is 7.64. The lowest BCUT2D eigenvalue weighted by Gasteiger charge is -2.23. The zero-order chi connectivity index (χ0) is 14.3. The van der Waals surface area contributed by atoms with Gasteiger partial charge in [0, 0.05) is 5.92 Å². The minimum Gasteiger partial charge on any atom is -0.480 e. The van der Waals surface area contributed by atoms with Gasteiger partial charge in [-0.3, -0.25) is 4.79 Å². The molecule has 2 atom stereocenters. The molecule has 0 radical (unpaired) electrons. The topological polar surface area (TPSA) is 66.4 Å². The number of hydrogen-bond donors (Lipinski definition) is 2. The van der Waals surface area contributed by atoms with E-state index in [9.17, 15) is 9.59 Å². The van der Waals surface area contributed by atoms with Gasteiger partial charge in [-0.1, -0.05) is 41.0 Å². The average molecular weight is 257 g/mol. The molecule has 2 unspecified atom stereocenters. The van der Waals surface area contributed by atoms with Crippen LogP contribution in [0.2, 0.25) is 0 Å². The van der Waals surface area contributed by atoms with Gasteiger partial charge in [0.05, 0.1) is 0 Å². The fraction of sp³-hybridized carbons (Fsp3) is 0.857. The second kappa shape index (κ2) is 8.11. The number of carboxylic acids is 1.